The van der Waals surface area contributed by atoms with E-state index >= 15 is 0 Å². The van der Waals surface area contributed by atoms with Crippen molar-refractivity contribution in [2.75, 3.05) is 18.0 Å². The molecule has 0 saturated heterocycles. The van der Waals surface area contributed by atoms with Crippen molar-refractivity contribution in [3.8, 4) is 0 Å². The van der Waals surface area contributed by atoms with Gasteiger partial charge in [0.2, 0.25) is 0 Å². The molecule has 1 aromatic carbocycles. The Morgan fingerprint density at radius 1 is 1.44 bits per heavy atom. The minimum absolute atomic E-state index is 0.150. The van der Waals surface area contributed by atoms with Crippen molar-refractivity contribution < 1.29 is 5.21 Å². The van der Waals surface area contributed by atoms with E-state index in [0.717, 1.165) is 24.2 Å². The number of oxime groups is 1. The number of anilines is 1. The molecule has 0 saturated carbocycles. The Morgan fingerprint density at radius 2 is 2.11 bits per heavy atom. The lowest BCUT2D eigenvalue weighted by molar-refractivity contribution is 0.318. The van der Waals surface area contributed by atoms with Gasteiger partial charge in [-0.15, -0.1) is 0 Å². The normalized spacial score (nSPS) is 11.9. The second-order valence-corrected chi connectivity index (χ2v) is 4.92. The number of amidine groups is 1. The maximum Gasteiger partial charge on any atom is 0.170 e. The molecule has 0 unspecified atom stereocenters. The van der Waals surface area contributed by atoms with Crippen LogP contribution in [0.15, 0.2) is 23.4 Å². The number of nitrogens with zero attached hydrogens (tertiary/aromatic N) is 2. The van der Waals surface area contributed by atoms with Crippen molar-refractivity contribution in [1.29, 1.82) is 0 Å². The lowest BCUT2D eigenvalue weighted by Crippen LogP contribution is -2.28. The highest BCUT2D eigenvalue weighted by molar-refractivity contribution is 5.97. The summed E-state index contributed by atoms with van der Waals surface area (Å²) in [5.41, 5.74) is 8.69. The van der Waals surface area contributed by atoms with Crippen LogP contribution in [0.25, 0.3) is 0 Å². The molecule has 1 rings (SSSR count). The lowest BCUT2D eigenvalue weighted by Gasteiger charge is -2.27. The first-order chi connectivity index (χ1) is 8.49. The van der Waals surface area contributed by atoms with E-state index in [1.807, 2.05) is 25.1 Å². The number of rotatable bonds is 5. The Balaban J connectivity index is 3.03. The zero-order valence-corrected chi connectivity index (χ0v) is 11.6. The molecular weight excluding hydrogens is 226 g/mol. The first-order valence-electron chi connectivity index (χ1n) is 6.33. The van der Waals surface area contributed by atoms with Gasteiger partial charge >= 0.3 is 0 Å². The largest absolute Gasteiger partial charge is 0.409 e. The van der Waals surface area contributed by atoms with Crippen molar-refractivity contribution in [2.24, 2.45) is 16.8 Å². The van der Waals surface area contributed by atoms with E-state index in [4.69, 9.17) is 10.9 Å². The Bertz CT molecular complexity index is 427. The van der Waals surface area contributed by atoms with Crippen LogP contribution in [0.4, 0.5) is 5.69 Å². The van der Waals surface area contributed by atoms with Gasteiger partial charge in [-0.25, -0.2) is 0 Å². The van der Waals surface area contributed by atoms with Gasteiger partial charge in [-0.1, -0.05) is 19.0 Å². The fourth-order valence-electron chi connectivity index (χ4n) is 2.07. The number of hydrogen-bond acceptors (Lipinski definition) is 3. The molecule has 0 aliphatic carbocycles. The average molecular weight is 249 g/mol. The van der Waals surface area contributed by atoms with Gasteiger partial charge in [0.15, 0.2) is 5.84 Å². The van der Waals surface area contributed by atoms with Crippen LogP contribution in [0.2, 0.25) is 0 Å². The maximum atomic E-state index is 8.68. The Kier molecular flexibility index (Phi) is 5.01. The monoisotopic (exact) mass is 249 g/mol. The summed E-state index contributed by atoms with van der Waals surface area (Å²) in [6, 6.07) is 5.88. The fraction of sp³-hybridized carbons (Fsp3) is 0.500. The van der Waals surface area contributed by atoms with Crippen molar-refractivity contribution in [1.82, 2.24) is 0 Å². The summed E-state index contributed by atoms with van der Waals surface area (Å²) < 4.78 is 0. The second-order valence-electron chi connectivity index (χ2n) is 4.92. The summed E-state index contributed by atoms with van der Waals surface area (Å²) in [6.07, 6.45) is 0. The van der Waals surface area contributed by atoms with Crippen LogP contribution < -0.4 is 10.6 Å². The van der Waals surface area contributed by atoms with Crippen molar-refractivity contribution in [3.63, 3.8) is 0 Å². The summed E-state index contributed by atoms with van der Waals surface area (Å²) in [5.74, 6) is 0.768. The van der Waals surface area contributed by atoms with Gasteiger partial charge in [0, 0.05) is 24.3 Å². The molecule has 100 valence electrons. The number of hydrogen-bond donors (Lipinski definition) is 2. The topological polar surface area (TPSA) is 61.8 Å². The number of benzene rings is 1. The minimum Gasteiger partial charge on any atom is -0.409 e. The highest BCUT2D eigenvalue weighted by Gasteiger charge is 2.10. The molecule has 0 aliphatic rings. The minimum atomic E-state index is 0.150. The zero-order valence-electron chi connectivity index (χ0n) is 11.6. The quantitative estimate of drug-likeness (QED) is 0.365. The Hall–Kier alpha value is -1.71. The lowest BCUT2D eigenvalue weighted by atomic mass is 10.1. The van der Waals surface area contributed by atoms with E-state index < -0.39 is 0 Å². The van der Waals surface area contributed by atoms with Crippen LogP contribution in [-0.2, 0) is 0 Å². The molecule has 0 radical (unpaired) electrons. The van der Waals surface area contributed by atoms with Gasteiger partial charge in [-0.3, -0.25) is 0 Å². The van der Waals surface area contributed by atoms with Crippen LogP contribution >= 0.6 is 0 Å². The van der Waals surface area contributed by atoms with E-state index in [2.05, 4.69) is 30.8 Å². The molecule has 18 heavy (non-hydrogen) atoms. The molecule has 0 aromatic heterocycles. The second kappa shape index (κ2) is 6.28. The molecule has 0 amide bonds. The van der Waals surface area contributed by atoms with Gasteiger partial charge in [0.25, 0.3) is 0 Å². The average Bonchev–Trinajstić information content (AvgIpc) is 2.35. The third-order valence-electron chi connectivity index (χ3n) is 2.91. The first kappa shape index (κ1) is 14.4. The summed E-state index contributed by atoms with van der Waals surface area (Å²) in [4.78, 5) is 2.34. The van der Waals surface area contributed by atoms with Crippen LogP contribution in [0, 0.1) is 12.8 Å². The van der Waals surface area contributed by atoms with Gasteiger partial charge in [0.1, 0.15) is 0 Å². The van der Waals surface area contributed by atoms with Gasteiger partial charge in [-0.05, 0) is 43.5 Å². The van der Waals surface area contributed by atoms with Crippen molar-refractivity contribution >= 4 is 11.5 Å². The molecule has 0 heterocycles. The highest BCUT2D eigenvalue weighted by Crippen LogP contribution is 2.22. The van der Waals surface area contributed by atoms with E-state index in [-0.39, 0.29) is 5.84 Å². The van der Waals surface area contributed by atoms with Crippen LogP contribution in [-0.4, -0.2) is 24.1 Å². The van der Waals surface area contributed by atoms with E-state index in [9.17, 15) is 0 Å². The van der Waals surface area contributed by atoms with Gasteiger partial charge < -0.3 is 15.8 Å². The molecule has 0 spiro atoms. The van der Waals surface area contributed by atoms with Crippen molar-refractivity contribution in [2.45, 2.75) is 27.7 Å². The predicted octanol–water partition coefficient (Wildman–Crippen LogP) is 2.57. The molecule has 1 aromatic rings. The third kappa shape index (κ3) is 3.39. The smallest absolute Gasteiger partial charge is 0.170 e. The summed E-state index contributed by atoms with van der Waals surface area (Å²) in [7, 11) is 0. The molecule has 0 atom stereocenters. The number of nitrogens with two attached hydrogens (primary N) is 1. The molecule has 0 aliphatic heterocycles. The Labute approximate surface area is 109 Å². The molecule has 4 heteroatoms. The molecule has 3 N–H and O–H groups in total. The first-order valence-corrected chi connectivity index (χ1v) is 6.33. The van der Waals surface area contributed by atoms with Crippen LogP contribution in [0.1, 0.15) is 31.9 Å². The summed E-state index contributed by atoms with van der Waals surface area (Å²) in [6.45, 7) is 10.6. The fourth-order valence-corrected chi connectivity index (χ4v) is 2.07. The third-order valence-corrected chi connectivity index (χ3v) is 2.91. The molecular formula is C14H23N3O. The van der Waals surface area contributed by atoms with Crippen LogP contribution in [0.5, 0.6) is 0 Å². The summed E-state index contributed by atoms with van der Waals surface area (Å²) in [5, 5.41) is 11.7. The van der Waals surface area contributed by atoms with Crippen molar-refractivity contribution in [3.05, 3.63) is 29.3 Å². The molecule has 4 nitrogen and oxygen atoms in total. The van der Waals surface area contributed by atoms with Gasteiger partial charge in [0.05, 0.1) is 0 Å². The highest BCUT2D eigenvalue weighted by atomic mass is 16.4. The van der Waals surface area contributed by atoms with Gasteiger partial charge in [-0.2, -0.15) is 0 Å². The van der Waals surface area contributed by atoms with E-state index in [0.29, 0.717) is 5.92 Å². The predicted molar refractivity (Wildman–Crippen MR) is 76.4 cm³/mol. The maximum absolute atomic E-state index is 8.68. The molecule has 0 bridgehead atoms. The standard InChI is InChI=1S/C14H23N3O/c1-5-17(9-10(2)3)13-7-6-12(8-11(13)4)14(15)16-18/h6-8,10,18H,5,9H2,1-4H3,(H2,15,16). The Morgan fingerprint density at radius 3 is 2.56 bits per heavy atom. The van der Waals surface area contributed by atoms with E-state index in [1.165, 1.54) is 5.69 Å². The summed E-state index contributed by atoms with van der Waals surface area (Å²) >= 11 is 0. The van der Waals surface area contributed by atoms with E-state index in [1.54, 1.807) is 0 Å². The molecule has 0 fully saturated rings. The van der Waals surface area contributed by atoms with Crippen LogP contribution in [0.3, 0.4) is 0 Å². The number of aryl methyl sites for hydroxylation is 1. The SMILES string of the molecule is CCN(CC(C)C)c1ccc(/C(N)=N/O)cc1C. The zero-order chi connectivity index (χ0) is 13.7.